The first kappa shape index (κ1) is 14.1. The summed E-state index contributed by atoms with van der Waals surface area (Å²) in [5.41, 5.74) is 6.37. The fourth-order valence-corrected chi connectivity index (χ4v) is 1.84. The average molecular weight is 295 g/mol. The predicted octanol–water partition coefficient (Wildman–Crippen LogP) is 3.67. The van der Waals surface area contributed by atoms with Gasteiger partial charge in [0.1, 0.15) is 5.75 Å². The van der Waals surface area contributed by atoms with Gasteiger partial charge >= 0.3 is 0 Å². The molecule has 104 valence electrons. The van der Waals surface area contributed by atoms with Crippen LogP contribution in [0.2, 0.25) is 5.02 Å². The number of aryl methyl sites for hydroxylation is 1. The Hall–Kier alpha value is -2.27. The second kappa shape index (κ2) is 5.79. The Balaban J connectivity index is 2.33. The molecular formula is C14H12ClFN2O2. The van der Waals surface area contributed by atoms with Gasteiger partial charge in [0.15, 0.2) is 17.4 Å². The molecule has 2 aromatic rings. The Kier molecular flexibility index (Phi) is 4.10. The van der Waals surface area contributed by atoms with Crippen LogP contribution in [0.1, 0.15) is 11.1 Å². The van der Waals surface area contributed by atoms with Crippen molar-refractivity contribution in [1.29, 1.82) is 0 Å². The lowest BCUT2D eigenvalue weighted by atomic mass is 10.2. The lowest BCUT2D eigenvalue weighted by Crippen LogP contribution is -2.12. The third-order valence-corrected chi connectivity index (χ3v) is 3.01. The van der Waals surface area contributed by atoms with Crippen molar-refractivity contribution in [2.24, 2.45) is 10.9 Å². The molecule has 2 rings (SSSR count). The van der Waals surface area contributed by atoms with Crippen LogP contribution in [-0.4, -0.2) is 11.0 Å². The lowest BCUT2D eigenvalue weighted by molar-refractivity contribution is 0.318. The second-order valence-electron chi connectivity index (χ2n) is 4.12. The molecule has 0 unspecified atom stereocenters. The zero-order valence-corrected chi connectivity index (χ0v) is 11.4. The molecule has 0 atom stereocenters. The zero-order chi connectivity index (χ0) is 14.7. The van der Waals surface area contributed by atoms with Crippen LogP contribution in [-0.2, 0) is 0 Å². The molecule has 0 amide bonds. The number of hydrogen-bond donors (Lipinski definition) is 2. The van der Waals surface area contributed by atoms with Crippen LogP contribution in [0.4, 0.5) is 4.39 Å². The van der Waals surface area contributed by atoms with Gasteiger partial charge in [0.25, 0.3) is 0 Å². The first-order valence-electron chi connectivity index (χ1n) is 5.73. The second-order valence-corrected chi connectivity index (χ2v) is 4.53. The number of ether oxygens (including phenoxy) is 1. The van der Waals surface area contributed by atoms with Crippen LogP contribution in [0.25, 0.3) is 0 Å². The van der Waals surface area contributed by atoms with E-state index in [4.69, 9.17) is 27.3 Å². The van der Waals surface area contributed by atoms with Crippen molar-refractivity contribution >= 4 is 17.4 Å². The molecule has 20 heavy (non-hydrogen) atoms. The van der Waals surface area contributed by atoms with Gasteiger partial charge in [-0.25, -0.2) is 4.39 Å². The summed E-state index contributed by atoms with van der Waals surface area (Å²) in [6.07, 6.45) is 0. The highest BCUT2D eigenvalue weighted by Gasteiger charge is 2.11. The smallest absolute Gasteiger partial charge is 0.170 e. The highest BCUT2D eigenvalue weighted by atomic mass is 35.5. The number of nitrogens with zero attached hydrogens (tertiary/aromatic N) is 1. The Morgan fingerprint density at radius 3 is 2.70 bits per heavy atom. The maximum absolute atomic E-state index is 13.8. The number of rotatable bonds is 3. The monoisotopic (exact) mass is 294 g/mol. The zero-order valence-electron chi connectivity index (χ0n) is 10.6. The Bertz CT molecular complexity index is 674. The van der Waals surface area contributed by atoms with E-state index >= 15 is 0 Å². The van der Waals surface area contributed by atoms with E-state index in [0.29, 0.717) is 11.1 Å². The van der Waals surface area contributed by atoms with Crippen LogP contribution in [0.5, 0.6) is 11.5 Å². The fraction of sp³-hybridized carbons (Fsp3) is 0.0714. The van der Waals surface area contributed by atoms with Crippen molar-refractivity contribution in [2.75, 3.05) is 0 Å². The summed E-state index contributed by atoms with van der Waals surface area (Å²) in [4.78, 5) is 0. The summed E-state index contributed by atoms with van der Waals surface area (Å²) >= 11 is 6.03. The fourth-order valence-electron chi connectivity index (χ4n) is 1.62. The number of oxime groups is 1. The minimum Gasteiger partial charge on any atom is -0.453 e. The first-order chi connectivity index (χ1) is 9.52. The van der Waals surface area contributed by atoms with Crippen LogP contribution in [0.3, 0.4) is 0 Å². The highest BCUT2D eigenvalue weighted by Crippen LogP contribution is 2.32. The number of halogens is 2. The van der Waals surface area contributed by atoms with Crippen molar-refractivity contribution in [2.45, 2.75) is 6.92 Å². The van der Waals surface area contributed by atoms with E-state index in [-0.39, 0.29) is 22.4 Å². The molecule has 0 aromatic heterocycles. The topological polar surface area (TPSA) is 67.8 Å². The normalized spacial score (nSPS) is 11.4. The maximum atomic E-state index is 13.8. The third-order valence-electron chi connectivity index (χ3n) is 2.71. The number of amidine groups is 1. The van der Waals surface area contributed by atoms with Crippen LogP contribution in [0, 0.1) is 12.7 Å². The Morgan fingerprint density at radius 1 is 1.30 bits per heavy atom. The molecule has 0 saturated carbocycles. The van der Waals surface area contributed by atoms with Crippen LogP contribution >= 0.6 is 11.6 Å². The molecule has 0 saturated heterocycles. The van der Waals surface area contributed by atoms with Gasteiger partial charge < -0.3 is 15.7 Å². The molecule has 0 aliphatic heterocycles. The quantitative estimate of drug-likeness (QED) is 0.393. The van der Waals surface area contributed by atoms with Gasteiger partial charge in [-0.3, -0.25) is 0 Å². The number of hydrogen-bond acceptors (Lipinski definition) is 3. The van der Waals surface area contributed by atoms with Crippen molar-refractivity contribution in [1.82, 2.24) is 0 Å². The minimum absolute atomic E-state index is 0.0693. The number of nitrogens with two attached hydrogens (primary N) is 1. The average Bonchev–Trinajstić information content (AvgIpc) is 2.45. The minimum atomic E-state index is -0.441. The van der Waals surface area contributed by atoms with Crippen molar-refractivity contribution in [3.8, 4) is 11.5 Å². The van der Waals surface area contributed by atoms with Crippen molar-refractivity contribution < 1.29 is 14.3 Å². The molecule has 3 N–H and O–H groups in total. The molecule has 0 fully saturated rings. The predicted molar refractivity (Wildman–Crippen MR) is 75.2 cm³/mol. The van der Waals surface area contributed by atoms with E-state index in [0.717, 1.165) is 0 Å². The Morgan fingerprint density at radius 2 is 2.05 bits per heavy atom. The van der Waals surface area contributed by atoms with E-state index in [1.54, 1.807) is 25.1 Å². The van der Waals surface area contributed by atoms with Gasteiger partial charge in [-0.05, 0) is 36.8 Å². The SMILES string of the molecule is Cc1cccc(Oc2ccc(/C(N)=N/O)cc2Cl)c1F. The summed E-state index contributed by atoms with van der Waals surface area (Å²) in [5.74, 6) is -0.140. The van der Waals surface area contributed by atoms with E-state index in [1.807, 2.05) is 0 Å². The van der Waals surface area contributed by atoms with Crippen molar-refractivity contribution in [3.05, 3.63) is 58.4 Å². The molecule has 2 aromatic carbocycles. The summed E-state index contributed by atoms with van der Waals surface area (Å²) < 4.78 is 19.3. The van der Waals surface area contributed by atoms with E-state index in [9.17, 15) is 4.39 Å². The van der Waals surface area contributed by atoms with Gasteiger partial charge in [0.2, 0.25) is 0 Å². The van der Waals surface area contributed by atoms with Crippen LogP contribution < -0.4 is 10.5 Å². The largest absolute Gasteiger partial charge is 0.453 e. The molecule has 0 radical (unpaired) electrons. The number of benzene rings is 2. The third kappa shape index (κ3) is 2.83. The summed E-state index contributed by atoms with van der Waals surface area (Å²) in [5, 5.41) is 11.7. The summed E-state index contributed by atoms with van der Waals surface area (Å²) in [6, 6.07) is 9.40. The molecule has 6 heteroatoms. The summed E-state index contributed by atoms with van der Waals surface area (Å²) in [6.45, 7) is 1.64. The van der Waals surface area contributed by atoms with Crippen LogP contribution in [0.15, 0.2) is 41.6 Å². The molecule has 0 heterocycles. The van der Waals surface area contributed by atoms with Gasteiger partial charge in [-0.15, -0.1) is 0 Å². The Labute approximate surface area is 120 Å². The first-order valence-corrected chi connectivity index (χ1v) is 6.11. The van der Waals surface area contributed by atoms with Crippen molar-refractivity contribution in [3.63, 3.8) is 0 Å². The van der Waals surface area contributed by atoms with Gasteiger partial charge in [0, 0.05) is 5.56 Å². The van der Waals surface area contributed by atoms with E-state index in [2.05, 4.69) is 5.16 Å². The highest BCUT2D eigenvalue weighted by molar-refractivity contribution is 6.32. The molecule has 0 aliphatic rings. The summed E-state index contributed by atoms with van der Waals surface area (Å²) in [7, 11) is 0. The van der Waals surface area contributed by atoms with Gasteiger partial charge in [-0.1, -0.05) is 28.9 Å². The molecule has 0 bridgehead atoms. The molecule has 4 nitrogen and oxygen atoms in total. The molecule has 0 spiro atoms. The van der Waals surface area contributed by atoms with E-state index in [1.165, 1.54) is 18.2 Å². The van der Waals surface area contributed by atoms with E-state index < -0.39 is 5.82 Å². The maximum Gasteiger partial charge on any atom is 0.170 e. The van der Waals surface area contributed by atoms with Gasteiger partial charge in [-0.2, -0.15) is 0 Å². The molecule has 0 aliphatic carbocycles. The van der Waals surface area contributed by atoms with Gasteiger partial charge in [0.05, 0.1) is 5.02 Å². The molecular weight excluding hydrogens is 283 g/mol. The standard InChI is InChI=1S/C14H12ClFN2O2/c1-8-3-2-4-12(13(8)16)20-11-6-5-9(7-10(11)15)14(17)18-19/h2-7,19H,1H3,(H2,17,18). The lowest BCUT2D eigenvalue weighted by Gasteiger charge is -2.10.